The van der Waals surface area contributed by atoms with Crippen molar-refractivity contribution in [2.24, 2.45) is 5.92 Å². The monoisotopic (exact) mass is 648 g/mol. The Labute approximate surface area is 270 Å². The van der Waals surface area contributed by atoms with E-state index in [1.165, 1.54) is 79.2 Å². The molecule has 40 heavy (non-hydrogen) atoms. The van der Waals surface area contributed by atoms with Crippen molar-refractivity contribution in [3.63, 3.8) is 0 Å². The SMILES string of the molecule is CC(C)(C)c1ccc2c(c1)[cH-]c1cc(C(C)(C)C)ccc12.CC1=[C-]C(C)C=C1C.Cc1ccc([CH]=[Zr+2])cc1.[Cl-].[Cl-]. The molecule has 212 valence electrons. The summed E-state index contributed by atoms with van der Waals surface area (Å²) in [5.41, 5.74) is 8.58. The molecule has 0 nitrogen and oxygen atoms in total. The van der Waals surface area contributed by atoms with Gasteiger partial charge in [0.1, 0.15) is 0 Å². The molecule has 3 heteroatoms. The molecule has 4 aromatic carbocycles. The molecule has 0 radical (unpaired) electrons. The van der Waals surface area contributed by atoms with Crippen LogP contribution in [-0.2, 0) is 35.1 Å². The van der Waals surface area contributed by atoms with Gasteiger partial charge in [0, 0.05) is 0 Å². The molecule has 0 aliphatic heterocycles. The second kappa shape index (κ2) is 15.0. The van der Waals surface area contributed by atoms with Crippen molar-refractivity contribution in [1.82, 2.24) is 0 Å². The van der Waals surface area contributed by atoms with Crippen LogP contribution >= 0.6 is 0 Å². The van der Waals surface area contributed by atoms with E-state index in [9.17, 15) is 0 Å². The molecule has 0 bridgehead atoms. The van der Waals surface area contributed by atoms with E-state index in [1.807, 2.05) is 0 Å². The summed E-state index contributed by atoms with van der Waals surface area (Å²) in [5, 5.41) is 5.48. The number of hydrogen-bond acceptors (Lipinski definition) is 0. The topological polar surface area (TPSA) is 0 Å². The van der Waals surface area contributed by atoms with Crippen LogP contribution in [0.5, 0.6) is 0 Å². The Kier molecular flexibility index (Phi) is 13.6. The average molecular weight is 651 g/mol. The fourth-order valence-electron chi connectivity index (χ4n) is 4.62. The maximum atomic E-state index is 3.29. The zero-order valence-corrected chi connectivity index (χ0v) is 29.8. The van der Waals surface area contributed by atoms with E-state index in [2.05, 4.69) is 152 Å². The van der Waals surface area contributed by atoms with Gasteiger partial charge in [0.25, 0.3) is 0 Å². The molecule has 0 aromatic heterocycles. The Morgan fingerprint density at radius 2 is 1.18 bits per heavy atom. The van der Waals surface area contributed by atoms with Crippen LogP contribution in [0.3, 0.4) is 0 Å². The average Bonchev–Trinajstić information content (AvgIpc) is 3.35. The summed E-state index contributed by atoms with van der Waals surface area (Å²) in [6.45, 7) is 22.1. The van der Waals surface area contributed by atoms with E-state index in [-0.39, 0.29) is 35.6 Å². The van der Waals surface area contributed by atoms with Gasteiger partial charge >= 0.3 is 70.3 Å². The van der Waals surface area contributed by atoms with Crippen LogP contribution in [0, 0.1) is 18.9 Å². The van der Waals surface area contributed by atoms with E-state index < -0.39 is 0 Å². The molecule has 1 unspecified atom stereocenters. The number of rotatable bonds is 1. The predicted molar refractivity (Wildman–Crippen MR) is 166 cm³/mol. The van der Waals surface area contributed by atoms with Crippen molar-refractivity contribution in [2.45, 2.75) is 80.1 Å². The molecule has 0 amide bonds. The minimum Gasteiger partial charge on any atom is -1.00 e. The molecule has 0 spiro atoms. The Morgan fingerprint density at radius 3 is 1.48 bits per heavy atom. The molecular weight excluding hydrogens is 607 g/mol. The van der Waals surface area contributed by atoms with Gasteiger partial charge in [0.05, 0.1) is 0 Å². The first-order valence-electron chi connectivity index (χ1n) is 13.7. The van der Waals surface area contributed by atoms with Gasteiger partial charge in [-0.15, -0.1) is 46.7 Å². The molecule has 0 heterocycles. The van der Waals surface area contributed by atoms with Gasteiger partial charge in [-0.25, -0.2) is 11.1 Å². The van der Waals surface area contributed by atoms with Gasteiger partial charge in [-0.2, -0.15) is 6.08 Å². The minimum absolute atomic E-state index is 0. The van der Waals surface area contributed by atoms with Crippen molar-refractivity contribution < 1.29 is 49.0 Å². The molecule has 0 fully saturated rings. The van der Waals surface area contributed by atoms with Crippen LogP contribution in [0.25, 0.3) is 21.5 Å². The third-order valence-electron chi connectivity index (χ3n) is 7.22. The smallest absolute Gasteiger partial charge is 1.00 e. The van der Waals surface area contributed by atoms with Gasteiger partial charge in [-0.3, -0.25) is 6.08 Å². The third kappa shape index (κ3) is 9.72. The normalized spacial score (nSPS) is 14.6. The summed E-state index contributed by atoms with van der Waals surface area (Å²) in [6, 6.07) is 24.7. The standard InChI is InChI=1S/C21H25.C8H11.C8H8.2ClH.Zr/c1-20(2,3)16-7-9-18-14(12-16)11-15-13-17(21(4,5)6)8-10-19(15)18;1-6-4-7(2)8(3)5-6;1-7-3-5-8(2)6-4-7;;;/h7-13H,1-6H3;4,6H,1-3H3;1,3-6H,2H3;2*1H;/q2*-1;;;;+2/p-2. The Morgan fingerprint density at radius 1 is 0.725 bits per heavy atom. The summed E-state index contributed by atoms with van der Waals surface area (Å²) in [4.78, 5) is 0. The fraction of sp³-hybridized carbons (Fsp3) is 0.351. The van der Waals surface area contributed by atoms with E-state index in [0.29, 0.717) is 5.92 Å². The third-order valence-corrected chi connectivity index (χ3v) is 8.04. The number of aryl methyl sites for hydroxylation is 1. The number of benzene rings is 3. The van der Waals surface area contributed by atoms with Gasteiger partial charge in [-0.05, 0) is 10.8 Å². The summed E-state index contributed by atoms with van der Waals surface area (Å²) in [7, 11) is 0. The molecule has 5 rings (SSSR count). The number of hydrogen-bond donors (Lipinski definition) is 0. The van der Waals surface area contributed by atoms with Gasteiger partial charge in [0.15, 0.2) is 0 Å². The van der Waals surface area contributed by atoms with Crippen LogP contribution in [0.15, 0.2) is 84.0 Å². The predicted octanol–water partition coefficient (Wildman–Crippen LogP) is 4.34. The molecule has 4 aromatic rings. The van der Waals surface area contributed by atoms with Crippen molar-refractivity contribution >= 4 is 25.3 Å². The number of halogens is 2. The quantitative estimate of drug-likeness (QED) is 0.269. The van der Waals surface area contributed by atoms with E-state index in [1.54, 1.807) is 0 Å². The Balaban J connectivity index is 0.000000350. The van der Waals surface area contributed by atoms with Gasteiger partial charge in [-0.1, -0.05) is 96.7 Å². The molecule has 1 aliphatic carbocycles. The zero-order chi connectivity index (χ0) is 28.3. The summed E-state index contributed by atoms with van der Waals surface area (Å²) < 4.78 is 2.19. The Bertz CT molecular complexity index is 1380. The second-order valence-corrected chi connectivity index (χ2v) is 13.4. The van der Waals surface area contributed by atoms with E-state index in [4.69, 9.17) is 0 Å². The van der Waals surface area contributed by atoms with Crippen LogP contribution in [0.4, 0.5) is 0 Å². The maximum Gasteiger partial charge on any atom is -1.00 e. The first-order valence-corrected chi connectivity index (χ1v) is 15.1. The summed E-state index contributed by atoms with van der Waals surface area (Å²) in [5.74, 6) is 0.551. The van der Waals surface area contributed by atoms with Gasteiger partial charge < -0.3 is 24.8 Å². The van der Waals surface area contributed by atoms with E-state index >= 15 is 0 Å². The van der Waals surface area contributed by atoms with Crippen LogP contribution in [0.1, 0.15) is 84.6 Å². The molecule has 1 aliphatic rings. The van der Waals surface area contributed by atoms with Crippen molar-refractivity contribution in [3.05, 3.63) is 112 Å². The van der Waals surface area contributed by atoms with Crippen LogP contribution in [0.2, 0.25) is 0 Å². The fourth-order valence-corrected chi connectivity index (χ4v) is 5.09. The molecular formula is C37H44Cl2Zr-2. The maximum absolute atomic E-state index is 3.29. The first-order chi connectivity index (χ1) is 17.7. The zero-order valence-electron chi connectivity index (χ0n) is 25.8. The number of fused-ring (bicyclic) bond motifs is 3. The van der Waals surface area contributed by atoms with E-state index in [0.717, 1.165) is 0 Å². The molecule has 1 atom stereocenters. The number of allylic oxidation sites excluding steroid dienone is 4. The molecule has 0 N–H and O–H groups in total. The van der Waals surface area contributed by atoms with Crippen molar-refractivity contribution in [3.8, 4) is 0 Å². The summed E-state index contributed by atoms with van der Waals surface area (Å²) in [6.07, 6.45) is 5.52. The second-order valence-electron chi connectivity index (χ2n) is 12.7. The van der Waals surface area contributed by atoms with Crippen LogP contribution < -0.4 is 24.8 Å². The summed E-state index contributed by atoms with van der Waals surface area (Å²) >= 11 is 1.47. The Hall–Kier alpha value is -1.66. The van der Waals surface area contributed by atoms with Crippen LogP contribution in [-0.4, -0.2) is 3.71 Å². The first kappa shape index (κ1) is 36.4. The molecule has 0 saturated heterocycles. The minimum atomic E-state index is 0. The van der Waals surface area contributed by atoms with Crippen molar-refractivity contribution in [1.29, 1.82) is 0 Å². The van der Waals surface area contributed by atoms with Gasteiger partial charge in [0.2, 0.25) is 0 Å². The van der Waals surface area contributed by atoms with Crippen molar-refractivity contribution in [2.75, 3.05) is 0 Å². The molecule has 0 saturated carbocycles. The largest absolute Gasteiger partial charge is 1.00 e.